The molecule has 7 nitrogen and oxygen atoms in total. The second-order valence-corrected chi connectivity index (χ2v) is 6.00. The molecule has 1 aromatic heterocycles. The molecule has 1 aliphatic rings. The summed E-state index contributed by atoms with van der Waals surface area (Å²) in [7, 11) is 0. The minimum atomic E-state index is -4.43. The fraction of sp³-hybridized carbons (Fsp3) is 0.294. The summed E-state index contributed by atoms with van der Waals surface area (Å²) < 4.78 is 37.9. The fourth-order valence-electron chi connectivity index (χ4n) is 2.94. The van der Waals surface area contributed by atoms with Gasteiger partial charge in [-0.25, -0.2) is 4.98 Å². The van der Waals surface area contributed by atoms with Crippen molar-refractivity contribution in [1.29, 1.82) is 0 Å². The van der Waals surface area contributed by atoms with Gasteiger partial charge in [-0.2, -0.15) is 13.2 Å². The number of hydrogen-bond acceptors (Lipinski definition) is 6. The van der Waals surface area contributed by atoms with Gasteiger partial charge in [0, 0.05) is 44.0 Å². The van der Waals surface area contributed by atoms with Crippen molar-refractivity contribution in [3.05, 3.63) is 57.8 Å². The van der Waals surface area contributed by atoms with E-state index in [9.17, 15) is 28.1 Å². The summed E-state index contributed by atoms with van der Waals surface area (Å²) in [5.41, 5.74) is -0.333. The molecule has 2 aromatic rings. The van der Waals surface area contributed by atoms with Gasteiger partial charge in [0.15, 0.2) is 0 Å². The van der Waals surface area contributed by atoms with Crippen molar-refractivity contribution in [3.63, 3.8) is 0 Å². The van der Waals surface area contributed by atoms with Gasteiger partial charge < -0.3 is 9.80 Å². The first-order valence-electron chi connectivity index (χ1n) is 8.06. The molecule has 2 heterocycles. The zero-order valence-corrected chi connectivity index (χ0v) is 14.0. The Morgan fingerprint density at radius 1 is 1.07 bits per heavy atom. The Hall–Kier alpha value is -3.17. The van der Waals surface area contributed by atoms with Crippen LogP contribution in [0.1, 0.15) is 15.9 Å². The number of carbonyl (C=O) groups excluding carboxylic acids is 1. The third kappa shape index (κ3) is 3.99. The summed E-state index contributed by atoms with van der Waals surface area (Å²) in [6.07, 6.45) is -3.09. The molecule has 0 unspecified atom stereocenters. The van der Waals surface area contributed by atoms with Crippen LogP contribution in [0.4, 0.5) is 30.4 Å². The lowest BCUT2D eigenvalue weighted by atomic mass is 10.1. The molecule has 0 amide bonds. The normalized spacial score (nSPS) is 14.9. The van der Waals surface area contributed by atoms with Crippen LogP contribution in [0, 0.1) is 10.1 Å². The van der Waals surface area contributed by atoms with Gasteiger partial charge in [-0.1, -0.05) is 0 Å². The highest BCUT2D eigenvalue weighted by Crippen LogP contribution is 2.31. The average Bonchev–Trinajstić information content (AvgIpc) is 2.67. The molecule has 0 atom stereocenters. The Balaban J connectivity index is 1.72. The van der Waals surface area contributed by atoms with E-state index in [1.807, 2.05) is 9.80 Å². The number of anilines is 2. The molecule has 0 N–H and O–H groups in total. The van der Waals surface area contributed by atoms with Crippen LogP contribution in [0.25, 0.3) is 0 Å². The number of nitrogens with zero attached hydrogens (tertiary/aromatic N) is 4. The van der Waals surface area contributed by atoms with Crippen molar-refractivity contribution in [3.8, 4) is 0 Å². The number of nitro benzene ring substituents is 1. The monoisotopic (exact) mass is 380 g/mol. The Morgan fingerprint density at radius 2 is 1.74 bits per heavy atom. The Kier molecular flexibility index (Phi) is 4.98. The summed E-state index contributed by atoms with van der Waals surface area (Å²) in [5, 5.41) is 11.3. The molecule has 10 heteroatoms. The maximum Gasteiger partial charge on any atom is 0.417 e. The Labute approximate surface area is 152 Å². The molecule has 1 aromatic carbocycles. The standard InChI is InChI=1S/C17H15F3N4O3/c18-17(19,20)13-2-4-16(21-10-13)23-7-5-22(6-8-23)14-3-1-12(11-25)9-15(14)24(26)27/h1-4,9-11H,5-8H2. The van der Waals surface area contributed by atoms with E-state index in [1.54, 1.807) is 0 Å². The first-order valence-corrected chi connectivity index (χ1v) is 8.06. The number of halogens is 3. The number of rotatable bonds is 4. The van der Waals surface area contributed by atoms with Crippen molar-refractivity contribution >= 4 is 23.5 Å². The van der Waals surface area contributed by atoms with Crippen LogP contribution >= 0.6 is 0 Å². The van der Waals surface area contributed by atoms with Crippen LogP contribution in [0.2, 0.25) is 0 Å². The van der Waals surface area contributed by atoms with E-state index in [-0.39, 0.29) is 11.3 Å². The van der Waals surface area contributed by atoms with Crippen molar-refractivity contribution in [2.24, 2.45) is 0 Å². The molecule has 0 bridgehead atoms. The van der Waals surface area contributed by atoms with Crippen LogP contribution in [-0.2, 0) is 6.18 Å². The molecule has 0 spiro atoms. The molecule has 1 saturated heterocycles. The molecule has 3 rings (SSSR count). The third-order valence-corrected chi connectivity index (χ3v) is 4.35. The number of carbonyl (C=O) groups is 1. The molecular formula is C17H15F3N4O3. The fourth-order valence-corrected chi connectivity index (χ4v) is 2.94. The van der Waals surface area contributed by atoms with E-state index < -0.39 is 16.7 Å². The minimum Gasteiger partial charge on any atom is -0.362 e. The lowest BCUT2D eigenvalue weighted by Gasteiger charge is -2.36. The lowest BCUT2D eigenvalue weighted by molar-refractivity contribution is -0.384. The second kappa shape index (κ2) is 7.22. The number of benzene rings is 1. The van der Waals surface area contributed by atoms with Crippen LogP contribution in [0.5, 0.6) is 0 Å². The first kappa shape index (κ1) is 18.6. The molecule has 142 valence electrons. The predicted molar refractivity (Wildman–Crippen MR) is 92.1 cm³/mol. The van der Waals surface area contributed by atoms with Gasteiger partial charge in [-0.3, -0.25) is 14.9 Å². The number of alkyl halides is 3. The average molecular weight is 380 g/mol. The highest BCUT2D eigenvalue weighted by atomic mass is 19.4. The topological polar surface area (TPSA) is 79.6 Å². The highest BCUT2D eigenvalue weighted by molar-refractivity contribution is 5.79. The van der Waals surface area contributed by atoms with E-state index in [1.165, 1.54) is 24.3 Å². The SMILES string of the molecule is O=Cc1ccc(N2CCN(c3ccc(C(F)(F)F)cn3)CC2)c([N+](=O)[O-])c1. The molecule has 27 heavy (non-hydrogen) atoms. The van der Waals surface area contributed by atoms with E-state index >= 15 is 0 Å². The van der Waals surface area contributed by atoms with Gasteiger partial charge in [0.25, 0.3) is 5.69 Å². The van der Waals surface area contributed by atoms with E-state index in [2.05, 4.69) is 4.98 Å². The number of aromatic nitrogens is 1. The van der Waals surface area contributed by atoms with Crippen LogP contribution in [0.3, 0.4) is 0 Å². The Bertz CT molecular complexity index is 847. The Morgan fingerprint density at radius 3 is 2.26 bits per heavy atom. The maximum atomic E-state index is 12.6. The molecule has 0 saturated carbocycles. The number of pyridine rings is 1. The van der Waals surface area contributed by atoms with Gasteiger partial charge in [0.1, 0.15) is 17.8 Å². The van der Waals surface area contributed by atoms with Crippen LogP contribution < -0.4 is 9.80 Å². The number of nitro groups is 1. The third-order valence-electron chi connectivity index (χ3n) is 4.35. The summed E-state index contributed by atoms with van der Waals surface area (Å²) in [6.45, 7) is 1.77. The maximum absolute atomic E-state index is 12.6. The largest absolute Gasteiger partial charge is 0.417 e. The zero-order valence-electron chi connectivity index (χ0n) is 14.0. The van der Waals surface area contributed by atoms with Crippen molar-refractivity contribution in [2.75, 3.05) is 36.0 Å². The van der Waals surface area contributed by atoms with Gasteiger partial charge in [-0.15, -0.1) is 0 Å². The van der Waals surface area contributed by atoms with E-state index in [0.717, 1.165) is 12.3 Å². The molecule has 0 radical (unpaired) electrons. The molecular weight excluding hydrogens is 365 g/mol. The van der Waals surface area contributed by atoms with Crippen molar-refractivity contribution in [1.82, 2.24) is 4.98 Å². The minimum absolute atomic E-state index is 0.152. The first-order chi connectivity index (χ1) is 12.8. The van der Waals surface area contributed by atoms with E-state index in [4.69, 9.17) is 0 Å². The number of aldehydes is 1. The van der Waals surface area contributed by atoms with Gasteiger partial charge >= 0.3 is 6.18 Å². The molecule has 0 aliphatic carbocycles. The highest BCUT2D eigenvalue weighted by Gasteiger charge is 2.31. The molecule has 1 aliphatic heterocycles. The van der Waals surface area contributed by atoms with Gasteiger partial charge in [0.2, 0.25) is 0 Å². The van der Waals surface area contributed by atoms with Crippen molar-refractivity contribution in [2.45, 2.75) is 6.18 Å². The summed E-state index contributed by atoms with van der Waals surface area (Å²) >= 11 is 0. The summed E-state index contributed by atoms with van der Waals surface area (Å²) in [4.78, 5) is 29.1. The van der Waals surface area contributed by atoms with Crippen LogP contribution in [0.15, 0.2) is 36.5 Å². The lowest BCUT2D eigenvalue weighted by Crippen LogP contribution is -2.47. The van der Waals surface area contributed by atoms with Gasteiger partial charge in [-0.05, 0) is 24.3 Å². The summed E-state index contributed by atoms with van der Waals surface area (Å²) in [5.74, 6) is 0.424. The predicted octanol–water partition coefficient (Wildman–Crippen LogP) is 3.15. The number of piperazine rings is 1. The van der Waals surface area contributed by atoms with Crippen molar-refractivity contribution < 1.29 is 22.9 Å². The second-order valence-electron chi connectivity index (χ2n) is 6.00. The summed E-state index contributed by atoms with van der Waals surface area (Å²) in [6, 6.07) is 6.58. The molecule has 1 fully saturated rings. The van der Waals surface area contributed by atoms with E-state index in [0.29, 0.717) is 44.0 Å². The smallest absolute Gasteiger partial charge is 0.362 e. The quantitative estimate of drug-likeness (QED) is 0.461. The van der Waals surface area contributed by atoms with Gasteiger partial charge in [0.05, 0.1) is 10.5 Å². The zero-order chi connectivity index (χ0) is 19.6. The number of hydrogen-bond donors (Lipinski definition) is 0. The van der Waals surface area contributed by atoms with Crippen LogP contribution in [-0.4, -0.2) is 42.4 Å².